The van der Waals surface area contributed by atoms with Crippen LogP contribution in [0.25, 0.3) is 0 Å². The van der Waals surface area contributed by atoms with Crippen LogP contribution < -0.4 is 10.6 Å². The second kappa shape index (κ2) is 4.74. The van der Waals surface area contributed by atoms with Gasteiger partial charge in [-0.3, -0.25) is 4.79 Å². The summed E-state index contributed by atoms with van der Waals surface area (Å²) in [6.45, 7) is 7.06. The average Bonchev–Trinajstić information content (AvgIpc) is 2.88. The van der Waals surface area contributed by atoms with Gasteiger partial charge in [-0.25, -0.2) is 4.98 Å². The topological polar surface area (TPSA) is 54.0 Å². The Bertz CT molecular complexity index is 408. The lowest BCUT2D eigenvalue weighted by Gasteiger charge is -2.22. The van der Waals surface area contributed by atoms with Gasteiger partial charge in [0.2, 0.25) is 5.91 Å². The van der Waals surface area contributed by atoms with Gasteiger partial charge in [-0.15, -0.1) is 11.3 Å². The van der Waals surface area contributed by atoms with Gasteiger partial charge in [-0.1, -0.05) is 13.8 Å². The van der Waals surface area contributed by atoms with Crippen molar-refractivity contribution >= 4 is 22.4 Å². The fraction of sp³-hybridized carbons (Fsp3) is 0.667. The van der Waals surface area contributed by atoms with Crippen molar-refractivity contribution in [1.29, 1.82) is 0 Å². The predicted molar refractivity (Wildman–Crippen MR) is 70.5 cm³/mol. The van der Waals surface area contributed by atoms with Crippen LogP contribution in [-0.4, -0.2) is 23.0 Å². The molecule has 1 aliphatic rings. The Hall–Kier alpha value is -0.940. The van der Waals surface area contributed by atoms with Crippen LogP contribution in [0.5, 0.6) is 0 Å². The quantitative estimate of drug-likeness (QED) is 0.869. The molecule has 0 bridgehead atoms. The van der Waals surface area contributed by atoms with E-state index >= 15 is 0 Å². The molecule has 1 saturated heterocycles. The Morgan fingerprint density at radius 3 is 2.94 bits per heavy atom. The molecule has 17 heavy (non-hydrogen) atoms. The molecule has 1 atom stereocenters. The molecule has 1 amide bonds. The van der Waals surface area contributed by atoms with E-state index in [2.05, 4.69) is 29.5 Å². The van der Waals surface area contributed by atoms with Crippen LogP contribution in [0.2, 0.25) is 0 Å². The normalized spacial score (nSPS) is 24.2. The summed E-state index contributed by atoms with van der Waals surface area (Å²) in [5.74, 6) is 0.428. The number of hydrogen-bond donors (Lipinski definition) is 2. The van der Waals surface area contributed by atoms with Crippen LogP contribution in [0.3, 0.4) is 0 Å². The first-order chi connectivity index (χ1) is 8.01. The summed E-state index contributed by atoms with van der Waals surface area (Å²) in [6.07, 6.45) is 1.94. The molecule has 0 saturated carbocycles. The van der Waals surface area contributed by atoms with Gasteiger partial charge < -0.3 is 10.6 Å². The molecule has 5 heteroatoms. The van der Waals surface area contributed by atoms with E-state index < -0.39 is 5.54 Å². The van der Waals surface area contributed by atoms with Gasteiger partial charge >= 0.3 is 0 Å². The third-order valence-electron chi connectivity index (χ3n) is 3.20. The molecule has 0 aliphatic carbocycles. The second-order valence-electron chi connectivity index (χ2n) is 5.05. The average molecular weight is 253 g/mol. The smallest absolute Gasteiger partial charge is 0.246 e. The first-order valence-corrected chi connectivity index (χ1v) is 6.91. The largest absolute Gasteiger partial charge is 0.304 e. The van der Waals surface area contributed by atoms with E-state index in [1.54, 1.807) is 0 Å². The van der Waals surface area contributed by atoms with E-state index in [0.29, 0.717) is 11.0 Å². The second-order valence-corrected chi connectivity index (χ2v) is 5.91. The zero-order valence-corrected chi connectivity index (χ0v) is 11.4. The van der Waals surface area contributed by atoms with Crippen molar-refractivity contribution in [2.45, 2.75) is 45.1 Å². The Morgan fingerprint density at radius 2 is 2.41 bits per heavy atom. The Labute approximate surface area is 106 Å². The summed E-state index contributed by atoms with van der Waals surface area (Å²) < 4.78 is 0. The van der Waals surface area contributed by atoms with Crippen LogP contribution in [0.4, 0.5) is 5.13 Å². The van der Waals surface area contributed by atoms with E-state index in [-0.39, 0.29) is 5.91 Å². The van der Waals surface area contributed by atoms with Crippen LogP contribution in [0.1, 0.15) is 45.2 Å². The number of aromatic nitrogens is 1. The molecule has 1 aromatic rings. The van der Waals surface area contributed by atoms with Crippen molar-refractivity contribution in [3.63, 3.8) is 0 Å². The minimum absolute atomic E-state index is 0.0275. The fourth-order valence-electron chi connectivity index (χ4n) is 1.93. The van der Waals surface area contributed by atoms with Crippen LogP contribution in [-0.2, 0) is 4.79 Å². The highest BCUT2D eigenvalue weighted by Crippen LogP contribution is 2.24. The lowest BCUT2D eigenvalue weighted by atomic mass is 10.00. The molecule has 1 fully saturated rings. The highest BCUT2D eigenvalue weighted by atomic mass is 32.1. The maximum atomic E-state index is 12.1. The van der Waals surface area contributed by atoms with E-state index in [4.69, 9.17) is 0 Å². The number of carbonyl (C=O) groups is 1. The first kappa shape index (κ1) is 12.5. The number of hydrogen-bond acceptors (Lipinski definition) is 4. The van der Waals surface area contributed by atoms with Gasteiger partial charge in [0.15, 0.2) is 5.13 Å². The Morgan fingerprint density at radius 1 is 1.65 bits per heavy atom. The van der Waals surface area contributed by atoms with Crippen molar-refractivity contribution in [2.24, 2.45) is 0 Å². The summed E-state index contributed by atoms with van der Waals surface area (Å²) in [7, 11) is 0. The third kappa shape index (κ3) is 2.66. The maximum Gasteiger partial charge on any atom is 0.246 e. The van der Waals surface area contributed by atoms with Gasteiger partial charge in [-0.05, 0) is 32.2 Å². The summed E-state index contributed by atoms with van der Waals surface area (Å²) in [5, 5.41) is 8.86. The molecule has 0 radical (unpaired) electrons. The predicted octanol–water partition coefficient (Wildman–Crippen LogP) is 2.35. The molecule has 94 valence electrons. The van der Waals surface area contributed by atoms with Crippen molar-refractivity contribution in [1.82, 2.24) is 10.3 Å². The number of carbonyl (C=O) groups excluding carboxylic acids is 1. The monoisotopic (exact) mass is 253 g/mol. The number of thiazole rings is 1. The lowest BCUT2D eigenvalue weighted by molar-refractivity contribution is -0.121. The highest BCUT2D eigenvalue weighted by molar-refractivity contribution is 7.13. The minimum Gasteiger partial charge on any atom is -0.304 e. The van der Waals surface area contributed by atoms with E-state index in [0.717, 1.165) is 25.1 Å². The van der Waals surface area contributed by atoms with Crippen LogP contribution in [0, 0.1) is 0 Å². The molecular weight excluding hydrogens is 234 g/mol. The Kier molecular flexibility index (Phi) is 3.49. The Balaban J connectivity index is 2.02. The van der Waals surface area contributed by atoms with E-state index in [1.807, 2.05) is 12.3 Å². The number of nitrogens with zero attached hydrogens (tertiary/aromatic N) is 1. The minimum atomic E-state index is -0.427. The van der Waals surface area contributed by atoms with Gasteiger partial charge in [-0.2, -0.15) is 0 Å². The zero-order valence-electron chi connectivity index (χ0n) is 10.5. The highest BCUT2D eigenvalue weighted by Gasteiger charge is 2.36. The van der Waals surface area contributed by atoms with Gasteiger partial charge in [0.05, 0.1) is 11.2 Å². The third-order valence-corrected chi connectivity index (χ3v) is 3.98. The van der Waals surface area contributed by atoms with Crippen LogP contribution in [0.15, 0.2) is 5.38 Å². The molecule has 1 aliphatic heterocycles. The molecule has 1 aromatic heterocycles. The molecule has 2 N–H and O–H groups in total. The standard InChI is InChI=1S/C12H19N3OS/c1-8(2)9-7-17-11(14-9)15-10(16)12(3)5-4-6-13-12/h7-8,13H,4-6H2,1-3H3,(H,14,15,16). The fourth-order valence-corrected chi connectivity index (χ4v) is 2.80. The molecule has 0 spiro atoms. The molecule has 0 aromatic carbocycles. The first-order valence-electron chi connectivity index (χ1n) is 6.03. The van der Waals surface area contributed by atoms with Gasteiger partial charge in [0.1, 0.15) is 0 Å². The van der Waals surface area contributed by atoms with E-state index in [1.165, 1.54) is 11.3 Å². The number of amides is 1. The lowest BCUT2D eigenvalue weighted by Crippen LogP contribution is -2.47. The molecule has 4 nitrogen and oxygen atoms in total. The number of rotatable bonds is 3. The molecule has 1 unspecified atom stereocenters. The van der Waals surface area contributed by atoms with Crippen molar-refractivity contribution in [2.75, 3.05) is 11.9 Å². The summed E-state index contributed by atoms with van der Waals surface area (Å²) in [5.41, 5.74) is 0.610. The number of nitrogens with one attached hydrogen (secondary N) is 2. The van der Waals surface area contributed by atoms with Gasteiger partial charge in [0, 0.05) is 5.38 Å². The summed E-state index contributed by atoms with van der Waals surface area (Å²) >= 11 is 1.49. The van der Waals surface area contributed by atoms with Crippen molar-refractivity contribution in [3.05, 3.63) is 11.1 Å². The summed E-state index contributed by atoms with van der Waals surface area (Å²) in [4.78, 5) is 16.5. The zero-order chi connectivity index (χ0) is 12.5. The van der Waals surface area contributed by atoms with Crippen molar-refractivity contribution < 1.29 is 4.79 Å². The molecular formula is C12H19N3OS. The van der Waals surface area contributed by atoms with Crippen LogP contribution >= 0.6 is 11.3 Å². The van der Waals surface area contributed by atoms with Gasteiger partial charge in [0.25, 0.3) is 0 Å². The summed E-state index contributed by atoms with van der Waals surface area (Å²) in [6, 6.07) is 0. The maximum absolute atomic E-state index is 12.1. The van der Waals surface area contributed by atoms with Crippen molar-refractivity contribution in [3.8, 4) is 0 Å². The SMILES string of the molecule is CC(C)c1csc(NC(=O)C2(C)CCCN2)n1. The number of anilines is 1. The molecule has 2 rings (SSSR count). The molecule has 2 heterocycles. The van der Waals surface area contributed by atoms with E-state index in [9.17, 15) is 4.79 Å².